The number of halogens is 4. The summed E-state index contributed by atoms with van der Waals surface area (Å²) in [6, 6.07) is 6.00. The van der Waals surface area contributed by atoms with Crippen LogP contribution in [0.15, 0.2) is 28.7 Å². The van der Waals surface area contributed by atoms with Crippen LogP contribution in [0.1, 0.15) is 16.8 Å². The summed E-state index contributed by atoms with van der Waals surface area (Å²) in [4.78, 5) is 22.0. The van der Waals surface area contributed by atoms with Gasteiger partial charge in [-0.1, -0.05) is 34.1 Å². The smallest absolute Gasteiger partial charge is 0.294 e. The van der Waals surface area contributed by atoms with Crippen LogP contribution in [0.3, 0.4) is 0 Å². The summed E-state index contributed by atoms with van der Waals surface area (Å²) in [6.45, 7) is 0. The molecule has 0 spiro atoms. The number of benzene rings is 1. The minimum atomic E-state index is -4.96. The van der Waals surface area contributed by atoms with Gasteiger partial charge in [-0.05, 0) is 6.07 Å². The van der Waals surface area contributed by atoms with Crippen molar-refractivity contribution in [3.8, 4) is 0 Å². The van der Waals surface area contributed by atoms with E-state index in [1.54, 1.807) is 6.07 Å². The van der Waals surface area contributed by atoms with Crippen LogP contribution in [0.4, 0.5) is 13.2 Å². The van der Waals surface area contributed by atoms with Crippen LogP contribution in [0, 0.1) is 0 Å². The maximum Gasteiger partial charge on any atom is 0.450 e. The molecule has 2 nitrogen and oxygen atoms in total. The second-order valence-electron chi connectivity index (χ2n) is 3.00. The molecule has 0 aromatic heterocycles. The fourth-order valence-electron chi connectivity index (χ4n) is 1.03. The molecule has 6 heteroatoms. The standard InChI is InChI=1S/C10H6BrF3O2/c11-7-4-2-1-3-6(7)8(15)5-9(16)10(12,13)14/h1-4H,5H2. The molecule has 0 aliphatic carbocycles. The molecule has 0 heterocycles. The van der Waals surface area contributed by atoms with Gasteiger partial charge in [0.2, 0.25) is 5.78 Å². The van der Waals surface area contributed by atoms with Crippen molar-refractivity contribution in [3.63, 3.8) is 0 Å². The van der Waals surface area contributed by atoms with Crippen LogP contribution in [-0.4, -0.2) is 17.7 Å². The Morgan fingerprint density at radius 2 is 1.75 bits per heavy atom. The van der Waals surface area contributed by atoms with Gasteiger partial charge in [0.25, 0.3) is 0 Å². The fourth-order valence-corrected chi connectivity index (χ4v) is 1.53. The number of carbonyl (C=O) groups is 2. The number of hydrogen-bond acceptors (Lipinski definition) is 2. The average molecular weight is 295 g/mol. The molecule has 1 aromatic carbocycles. The van der Waals surface area contributed by atoms with E-state index in [2.05, 4.69) is 15.9 Å². The first kappa shape index (κ1) is 12.9. The molecule has 0 atom stereocenters. The van der Waals surface area contributed by atoms with Crippen LogP contribution in [0.2, 0.25) is 0 Å². The van der Waals surface area contributed by atoms with Gasteiger partial charge >= 0.3 is 6.18 Å². The van der Waals surface area contributed by atoms with E-state index in [9.17, 15) is 22.8 Å². The fraction of sp³-hybridized carbons (Fsp3) is 0.200. The number of rotatable bonds is 3. The third-order valence-corrected chi connectivity index (χ3v) is 2.50. The molecule has 0 aliphatic heterocycles. The van der Waals surface area contributed by atoms with Crippen LogP contribution >= 0.6 is 15.9 Å². The SMILES string of the molecule is O=C(CC(=O)C(F)(F)F)c1ccccc1Br. The molecule has 1 aromatic rings. The molecule has 0 amide bonds. The van der Waals surface area contributed by atoms with Crippen LogP contribution in [0.25, 0.3) is 0 Å². The van der Waals surface area contributed by atoms with Crippen LogP contribution in [0.5, 0.6) is 0 Å². The Kier molecular flexibility index (Phi) is 3.85. The van der Waals surface area contributed by atoms with Crippen molar-refractivity contribution in [1.29, 1.82) is 0 Å². The van der Waals surface area contributed by atoms with Gasteiger partial charge in [0, 0.05) is 10.0 Å². The monoisotopic (exact) mass is 294 g/mol. The zero-order chi connectivity index (χ0) is 12.3. The van der Waals surface area contributed by atoms with Crippen molar-refractivity contribution in [2.24, 2.45) is 0 Å². The van der Waals surface area contributed by atoms with Gasteiger partial charge in [0.05, 0.1) is 6.42 Å². The van der Waals surface area contributed by atoms with Gasteiger partial charge in [-0.15, -0.1) is 0 Å². The topological polar surface area (TPSA) is 34.1 Å². The Hall–Kier alpha value is -1.17. The molecular formula is C10H6BrF3O2. The van der Waals surface area contributed by atoms with E-state index in [1.165, 1.54) is 18.2 Å². The number of alkyl halides is 3. The second kappa shape index (κ2) is 4.78. The van der Waals surface area contributed by atoms with Crippen molar-refractivity contribution < 1.29 is 22.8 Å². The largest absolute Gasteiger partial charge is 0.450 e. The number of Topliss-reactive ketones (excluding diaryl/α,β-unsaturated/α-hetero) is 2. The van der Waals surface area contributed by atoms with Crippen molar-refractivity contribution in [1.82, 2.24) is 0 Å². The third kappa shape index (κ3) is 3.16. The Morgan fingerprint density at radius 3 is 2.25 bits per heavy atom. The molecular weight excluding hydrogens is 289 g/mol. The lowest BCUT2D eigenvalue weighted by Crippen LogP contribution is -2.25. The first-order valence-electron chi connectivity index (χ1n) is 4.20. The maximum absolute atomic E-state index is 11.9. The van der Waals surface area contributed by atoms with Gasteiger partial charge in [-0.2, -0.15) is 13.2 Å². The molecule has 0 fully saturated rings. The molecule has 1 rings (SSSR count). The van der Waals surface area contributed by atoms with Gasteiger partial charge < -0.3 is 0 Å². The minimum absolute atomic E-state index is 0.0695. The molecule has 0 unspecified atom stereocenters. The van der Waals surface area contributed by atoms with Crippen molar-refractivity contribution in [2.75, 3.05) is 0 Å². The lowest BCUT2D eigenvalue weighted by Gasteiger charge is -2.05. The third-order valence-electron chi connectivity index (χ3n) is 1.81. The van der Waals surface area contributed by atoms with Crippen LogP contribution < -0.4 is 0 Å². The highest BCUT2D eigenvalue weighted by Gasteiger charge is 2.39. The average Bonchev–Trinajstić information content (AvgIpc) is 2.16. The Morgan fingerprint density at radius 1 is 1.19 bits per heavy atom. The molecule has 0 aliphatic rings. The summed E-state index contributed by atoms with van der Waals surface area (Å²) in [5, 5.41) is 0. The highest BCUT2D eigenvalue weighted by Crippen LogP contribution is 2.22. The molecule has 0 radical (unpaired) electrons. The highest BCUT2D eigenvalue weighted by molar-refractivity contribution is 9.10. The summed E-state index contributed by atoms with van der Waals surface area (Å²) >= 11 is 3.02. The normalized spacial score (nSPS) is 11.2. The quantitative estimate of drug-likeness (QED) is 0.634. The lowest BCUT2D eigenvalue weighted by atomic mass is 10.1. The van der Waals surface area contributed by atoms with Crippen LogP contribution in [-0.2, 0) is 4.79 Å². The first-order valence-corrected chi connectivity index (χ1v) is 4.99. The summed E-state index contributed by atoms with van der Waals surface area (Å²) in [5.74, 6) is -2.89. The van der Waals surface area contributed by atoms with Crippen molar-refractivity contribution in [3.05, 3.63) is 34.3 Å². The van der Waals surface area contributed by atoms with Crippen molar-refractivity contribution >= 4 is 27.5 Å². The molecule has 0 saturated heterocycles. The minimum Gasteiger partial charge on any atom is -0.294 e. The Bertz CT molecular complexity index is 426. The predicted molar refractivity (Wildman–Crippen MR) is 54.2 cm³/mol. The number of carbonyl (C=O) groups excluding carboxylic acids is 2. The lowest BCUT2D eigenvalue weighted by molar-refractivity contribution is -0.170. The van der Waals surface area contributed by atoms with Crippen molar-refractivity contribution in [2.45, 2.75) is 12.6 Å². The van der Waals surface area contributed by atoms with Gasteiger partial charge in [0.15, 0.2) is 5.78 Å². The maximum atomic E-state index is 11.9. The van der Waals surface area contributed by atoms with E-state index in [4.69, 9.17) is 0 Å². The number of ketones is 2. The first-order chi connectivity index (χ1) is 7.32. The summed E-state index contributed by atoms with van der Waals surface area (Å²) in [6.07, 6.45) is -6.12. The van der Waals surface area contributed by atoms with E-state index in [-0.39, 0.29) is 5.56 Å². The Labute approximate surface area is 97.6 Å². The van der Waals surface area contributed by atoms with Gasteiger partial charge in [-0.25, -0.2) is 0 Å². The molecule has 0 bridgehead atoms. The number of hydrogen-bond donors (Lipinski definition) is 0. The second-order valence-corrected chi connectivity index (χ2v) is 3.86. The summed E-state index contributed by atoms with van der Waals surface area (Å²) < 4.78 is 36.1. The molecule has 0 N–H and O–H groups in total. The molecule has 86 valence electrons. The van der Waals surface area contributed by atoms with E-state index in [0.717, 1.165) is 0 Å². The molecule has 16 heavy (non-hydrogen) atoms. The van der Waals surface area contributed by atoms with Gasteiger partial charge in [-0.3, -0.25) is 9.59 Å². The van der Waals surface area contributed by atoms with Gasteiger partial charge in [0.1, 0.15) is 0 Å². The summed E-state index contributed by atoms with van der Waals surface area (Å²) in [5.41, 5.74) is 0.0695. The summed E-state index contributed by atoms with van der Waals surface area (Å²) in [7, 11) is 0. The zero-order valence-electron chi connectivity index (χ0n) is 7.84. The van der Waals surface area contributed by atoms with E-state index in [1.807, 2.05) is 0 Å². The predicted octanol–water partition coefficient (Wildman–Crippen LogP) is 3.15. The van der Waals surface area contributed by atoms with E-state index < -0.39 is 24.2 Å². The van der Waals surface area contributed by atoms with E-state index in [0.29, 0.717) is 4.47 Å². The Balaban J connectivity index is 2.82. The molecule has 0 saturated carbocycles. The highest BCUT2D eigenvalue weighted by atomic mass is 79.9. The zero-order valence-corrected chi connectivity index (χ0v) is 9.43. The van der Waals surface area contributed by atoms with E-state index >= 15 is 0 Å².